The van der Waals surface area contributed by atoms with Gasteiger partial charge >= 0.3 is 0 Å². The highest BCUT2D eigenvalue weighted by Crippen LogP contribution is 2.27. The minimum absolute atomic E-state index is 0.0856. The fourth-order valence-electron chi connectivity index (χ4n) is 2.18. The standard InChI is InChI=1S/C13H17N5OS/c1-2-4-14-13-17-11(9-3-5-20-12(9)18-13)16-8-6-10(19)15-7-8/h3,5,8H,2,4,6-7H2,1H3,(H,15,19)(H2,14,16,17,18). The summed E-state index contributed by atoms with van der Waals surface area (Å²) in [6, 6.07) is 2.11. The number of nitrogens with zero attached hydrogens (tertiary/aromatic N) is 2. The van der Waals surface area contributed by atoms with Gasteiger partial charge in [-0.1, -0.05) is 6.92 Å². The van der Waals surface area contributed by atoms with Crippen LogP contribution in [0.2, 0.25) is 0 Å². The summed E-state index contributed by atoms with van der Waals surface area (Å²) in [4.78, 5) is 21.3. The Kier molecular flexibility index (Phi) is 3.68. The van der Waals surface area contributed by atoms with E-state index in [-0.39, 0.29) is 11.9 Å². The van der Waals surface area contributed by atoms with Crippen LogP contribution >= 0.6 is 11.3 Å². The second-order valence-electron chi connectivity index (χ2n) is 4.81. The smallest absolute Gasteiger partial charge is 0.226 e. The fraction of sp³-hybridized carbons (Fsp3) is 0.462. The average molecular weight is 291 g/mol. The van der Waals surface area contributed by atoms with Gasteiger partial charge in [0.15, 0.2) is 0 Å². The molecule has 0 bridgehead atoms. The quantitative estimate of drug-likeness (QED) is 0.783. The molecule has 1 atom stereocenters. The number of fused-ring (bicyclic) bond motifs is 1. The summed E-state index contributed by atoms with van der Waals surface area (Å²) < 4.78 is 0. The van der Waals surface area contributed by atoms with Gasteiger partial charge in [-0.2, -0.15) is 4.98 Å². The van der Waals surface area contributed by atoms with Gasteiger partial charge < -0.3 is 16.0 Å². The minimum Gasteiger partial charge on any atom is -0.364 e. The number of carbonyl (C=O) groups excluding carboxylic acids is 1. The molecule has 6 nitrogen and oxygen atoms in total. The van der Waals surface area contributed by atoms with Crippen molar-refractivity contribution in [3.63, 3.8) is 0 Å². The second kappa shape index (κ2) is 5.62. The van der Waals surface area contributed by atoms with E-state index in [9.17, 15) is 4.79 Å². The Morgan fingerprint density at radius 1 is 1.50 bits per heavy atom. The van der Waals surface area contributed by atoms with E-state index in [4.69, 9.17) is 0 Å². The van der Waals surface area contributed by atoms with Crippen LogP contribution in [0.4, 0.5) is 11.8 Å². The molecule has 3 heterocycles. The molecule has 0 spiro atoms. The van der Waals surface area contributed by atoms with Crippen molar-refractivity contribution in [1.82, 2.24) is 15.3 Å². The summed E-state index contributed by atoms with van der Waals surface area (Å²) in [6.45, 7) is 3.59. The van der Waals surface area contributed by atoms with Gasteiger partial charge in [-0.15, -0.1) is 11.3 Å². The molecule has 0 radical (unpaired) electrons. The van der Waals surface area contributed by atoms with Crippen LogP contribution in [0.25, 0.3) is 10.2 Å². The zero-order valence-corrected chi connectivity index (χ0v) is 12.1. The molecule has 0 saturated carbocycles. The zero-order chi connectivity index (χ0) is 13.9. The molecule has 2 aromatic heterocycles. The predicted octanol–water partition coefficient (Wildman–Crippen LogP) is 1.81. The number of nitrogens with one attached hydrogen (secondary N) is 3. The third-order valence-electron chi connectivity index (χ3n) is 3.18. The van der Waals surface area contributed by atoms with E-state index in [2.05, 4.69) is 32.8 Å². The van der Waals surface area contributed by atoms with E-state index in [1.54, 1.807) is 11.3 Å². The molecular weight excluding hydrogens is 274 g/mol. The maximum Gasteiger partial charge on any atom is 0.226 e. The molecular formula is C13H17N5OS. The highest BCUT2D eigenvalue weighted by molar-refractivity contribution is 7.16. The van der Waals surface area contributed by atoms with E-state index in [1.807, 2.05) is 11.4 Å². The van der Waals surface area contributed by atoms with Crippen LogP contribution in [-0.4, -0.2) is 35.0 Å². The number of aromatic nitrogens is 2. The number of carbonyl (C=O) groups is 1. The van der Waals surface area contributed by atoms with Crippen molar-refractivity contribution in [2.45, 2.75) is 25.8 Å². The van der Waals surface area contributed by atoms with Crippen LogP contribution < -0.4 is 16.0 Å². The molecule has 1 amide bonds. The van der Waals surface area contributed by atoms with Gasteiger partial charge in [-0.05, 0) is 17.9 Å². The van der Waals surface area contributed by atoms with Crippen molar-refractivity contribution in [2.24, 2.45) is 0 Å². The Balaban J connectivity index is 1.87. The highest BCUT2D eigenvalue weighted by atomic mass is 32.1. The zero-order valence-electron chi connectivity index (χ0n) is 11.3. The number of amides is 1. The van der Waals surface area contributed by atoms with Crippen LogP contribution in [0, 0.1) is 0 Å². The molecule has 3 N–H and O–H groups in total. The number of hydrogen-bond donors (Lipinski definition) is 3. The summed E-state index contributed by atoms with van der Waals surface area (Å²) in [6.07, 6.45) is 1.52. The van der Waals surface area contributed by atoms with Gasteiger partial charge in [0.1, 0.15) is 10.6 Å². The lowest BCUT2D eigenvalue weighted by Crippen LogP contribution is -2.23. The second-order valence-corrected chi connectivity index (χ2v) is 5.71. The maximum absolute atomic E-state index is 11.3. The Hall–Kier alpha value is -1.89. The first-order valence-corrected chi connectivity index (χ1v) is 7.66. The van der Waals surface area contributed by atoms with Crippen molar-refractivity contribution < 1.29 is 4.79 Å². The van der Waals surface area contributed by atoms with Gasteiger partial charge in [0.2, 0.25) is 11.9 Å². The summed E-state index contributed by atoms with van der Waals surface area (Å²) in [5, 5.41) is 12.4. The van der Waals surface area contributed by atoms with E-state index in [1.165, 1.54) is 0 Å². The van der Waals surface area contributed by atoms with Crippen LogP contribution in [0.1, 0.15) is 19.8 Å². The average Bonchev–Trinajstić information content (AvgIpc) is 3.05. The van der Waals surface area contributed by atoms with Gasteiger partial charge in [0.05, 0.1) is 11.4 Å². The van der Waals surface area contributed by atoms with Crippen molar-refractivity contribution in [1.29, 1.82) is 0 Å². The van der Waals surface area contributed by atoms with Gasteiger partial charge in [-0.25, -0.2) is 4.98 Å². The Morgan fingerprint density at radius 3 is 3.15 bits per heavy atom. The third-order valence-corrected chi connectivity index (χ3v) is 3.98. The van der Waals surface area contributed by atoms with E-state index in [0.29, 0.717) is 18.9 Å². The van der Waals surface area contributed by atoms with Crippen LogP contribution in [0.5, 0.6) is 0 Å². The monoisotopic (exact) mass is 291 g/mol. The molecule has 1 aliphatic heterocycles. The summed E-state index contributed by atoms with van der Waals surface area (Å²) in [5.41, 5.74) is 0. The van der Waals surface area contributed by atoms with E-state index in [0.717, 1.165) is 29.0 Å². The van der Waals surface area contributed by atoms with Crippen molar-refractivity contribution in [3.05, 3.63) is 11.4 Å². The van der Waals surface area contributed by atoms with Crippen LogP contribution in [-0.2, 0) is 4.79 Å². The first-order valence-electron chi connectivity index (χ1n) is 6.78. The molecule has 20 heavy (non-hydrogen) atoms. The molecule has 1 saturated heterocycles. The fourth-order valence-corrected chi connectivity index (χ4v) is 2.95. The molecule has 3 rings (SSSR count). The number of anilines is 2. The summed E-state index contributed by atoms with van der Waals surface area (Å²) in [7, 11) is 0. The van der Waals surface area contributed by atoms with Gasteiger partial charge in [-0.3, -0.25) is 4.79 Å². The highest BCUT2D eigenvalue weighted by Gasteiger charge is 2.22. The number of rotatable bonds is 5. The molecule has 106 valence electrons. The molecule has 1 fully saturated rings. The Morgan fingerprint density at radius 2 is 2.40 bits per heavy atom. The lowest BCUT2D eigenvalue weighted by Gasteiger charge is -2.13. The summed E-state index contributed by atoms with van der Waals surface area (Å²) >= 11 is 1.59. The van der Waals surface area contributed by atoms with Crippen molar-refractivity contribution in [2.75, 3.05) is 23.7 Å². The maximum atomic E-state index is 11.3. The topological polar surface area (TPSA) is 78.9 Å². The normalized spacial score (nSPS) is 18.2. The van der Waals surface area contributed by atoms with Crippen molar-refractivity contribution in [3.8, 4) is 0 Å². The lowest BCUT2D eigenvalue weighted by molar-refractivity contribution is -0.119. The van der Waals surface area contributed by atoms with Crippen LogP contribution in [0.15, 0.2) is 11.4 Å². The number of thiophene rings is 1. The largest absolute Gasteiger partial charge is 0.364 e. The Bertz CT molecular complexity index is 626. The number of hydrogen-bond acceptors (Lipinski definition) is 6. The first-order chi connectivity index (χ1) is 9.76. The van der Waals surface area contributed by atoms with E-state index >= 15 is 0 Å². The predicted molar refractivity (Wildman–Crippen MR) is 81.2 cm³/mol. The van der Waals surface area contributed by atoms with Crippen molar-refractivity contribution >= 4 is 39.2 Å². The first kappa shape index (κ1) is 13.1. The van der Waals surface area contributed by atoms with Gasteiger partial charge in [0.25, 0.3) is 0 Å². The Labute approximate surface area is 121 Å². The van der Waals surface area contributed by atoms with E-state index < -0.39 is 0 Å². The van der Waals surface area contributed by atoms with Gasteiger partial charge in [0, 0.05) is 19.5 Å². The molecule has 7 heteroatoms. The van der Waals surface area contributed by atoms with Crippen LogP contribution in [0.3, 0.4) is 0 Å². The molecule has 2 aromatic rings. The third kappa shape index (κ3) is 2.67. The SMILES string of the molecule is CCCNc1nc(NC2CNC(=O)C2)c2ccsc2n1. The molecule has 0 aromatic carbocycles. The molecule has 1 aliphatic rings. The summed E-state index contributed by atoms with van der Waals surface area (Å²) in [5.74, 6) is 1.53. The molecule has 1 unspecified atom stereocenters. The lowest BCUT2D eigenvalue weighted by atomic mass is 10.2. The molecule has 0 aliphatic carbocycles. The minimum atomic E-state index is 0.0856.